The van der Waals surface area contributed by atoms with Gasteiger partial charge in [-0.3, -0.25) is 4.98 Å². The Morgan fingerprint density at radius 1 is 1.44 bits per heavy atom. The normalized spacial score (nSPS) is 20.0. The zero-order chi connectivity index (χ0) is 11.4. The molecule has 88 valence electrons. The van der Waals surface area contributed by atoms with Gasteiger partial charge in [0, 0.05) is 12.6 Å². The Kier molecular flexibility index (Phi) is 3.72. The van der Waals surface area contributed by atoms with Gasteiger partial charge >= 0.3 is 0 Å². The molecule has 0 saturated carbocycles. The molecule has 1 aromatic rings. The van der Waals surface area contributed by atoms with Crippen molar-refractivity contribution in [2.75, 3.05) is 18.4 Å². The van der Waals surface area contributed by atoms with E-state index < -0.39 is 0 Å². The average molecular weight is 220 g/mol. The van der Waals surface area contributed by atoms with Gasteiger partial charge in [-0.25, -0.2) is 4.98 Å². The molecule has 4 heteroatoms. The van der Waals surface area contributed by atoms with E-state index in [1.54, 1.807) is 0 Å². The van der Waals surface area contributed by atoms with E-state index in [4.69, 9.17) is 0 Å². The molecule has 2 N–H and O–H groups in total. The van der Waals surface area contributed by atoms with Crippen LogP contribution in [-0.2, 0) is 0 Å². The van der Waals surface area contributed by atoms with Crippen LogP contribution in [-0.4, -0.2) is 29.1 Å². The Bertz CT molecular complexity index is 345. The van der Waals surface area contributed by atoms with Crippen molar-refractivity contribution >= 4 is 5.82 Å². The molecule has 0 spiro atoms. The van der Waals surface area contributed by atoms with E-state index in [9.17, 15) is 0 Å². The smallest absolute Gasteiger partial charge is 0.144 e. The summed E-state index contributed by atoms with van der Waals surface area (Å²) in [6, 6.07) is 0.687. The molecule has 16 heavy (non-hydrogen) atoms. The highest BCUT2D eigenvalue weighted by Gasteiger charge is 2.12. The van der Waals surface area contributed by atoms with Crippen LogP contribution in [0.1, 0.15) is 30.7 Å². The van der Waals surface area contributed by atoms with E-state index >= 15 is 0 Å². The quantitative estimate of drug-likeness (QED) is 0.810. The third-order valence-electron chi connectivity index (χ3n) is 3.15. The van der Waals surface area contributed by atoms with Crippen molar-refractivity contribution in [1.29, 1.82) is 0 Å². The largest absolute Gasteiger partial charge is 0.369 e. The van der Waals surface area contributed by atoms with E-state index in [1.165, 1.54) is 19.4 Å². The number of aromatic nitrogens is 2. The first-order valence-electron chi connectivity index (χ1n) is 6.03. The summed E-state index contributed by atoms with van der Waals surface area (Å²) in [5.41, 5.74) is 2.01. The summed E-state index contributed by atoms with van der Waals surface area (Å²) in [6.07, 6.45) is 5.59. The van der Waals surface area contributed by atoms with E-state index in [0.29, 0.717) is 6.04 Å². The summed E-state index contributed by atoms with van der Waals surface area (Å²) in [6.45, 7) is 6.11. The van der Waals surface area contributed by atoms with Crippen molar-refractivity contribution in [1.82, 2.24) is 15.3 Å². The average Bonchev–Trinajstić information content (AvgIpc) is 2.76. The van der Waals surface area contributed by atoms with Crippen molar-refractivity contribution in [3.05, 3.63) is 17.6 Å². The second-order valence-electron chi connectivity index (χ2n) is 4.43. The maximum atomic E-state index is 4.44. The molecule has 1 aliphatic rings. The summed E-state index contributed by atoms with van der Waals surface area (Å²) >= 11 is 0. The number of rotatable bonds is 4. The highest BCUT2D eigenvalue weighted by Crippen LogP contribution is 2.10. The van der Waals surface area contributed by atoms with Crippen LogP contribution in [0.5, 0.6) is 0 Å². The van der Waals surface area contributed by atoms with Crippen LogP contribution in [0, 0.1) is 13.8 Å². The molecule has 1 fully saturated rings. The lowest BCUT2D eigenvalue weighted by Gasteiger charge is -2.11. The van der Waals surface area contributed by atoms with E-state index in [2.05, 4.69) is 20.6 Å². The fraction of sp³-hybridized carbons (Fsp3) is 0.667. The van der Waals surface area contributed by atoms with Crippen LogP contribution in [0.25, 0.3) is 0 Å². The minimum atomic E-state index is 0.687. The molecule has 1 atom stereocenters. The Hall–Kier alpha value is -1.16. The molecular formula is C12H20N4. The van der Waals surface area contributed by atoms with Crippen LogP contribution in [0.3, 0.4) is 0 Å². The lowest BCUT2D eigenvalue weighted by molar-refractivity contribution is 0.574. The van der Waals surface area contributed by atoms with Gasteiger partial charge in [-0.1, -0.05) is 0 Å². The minimum Gasteiger partial charge on any atom is -0.369 e. The molecule has 0 aliphatic carbocycles. The van der Waals surface area contributed by atoms with Gasteiger partial charge in [0.25, 0.3) is 0 Å². The maximum absolute atomic E-state index is 4.44. The predicted octanol–water partition coefficient (Wildman–Crippen LogP) is 1.65. The van der Waals surface area contributed by atoms with Gasteiger partial charge in [-0.15, -0.1) is 0 Å². The van der Waals surface area contributed by atoms with Crippen LogP contribution < -0.4 is 10.6 Å². The highest BCUT2D eigenvalue weighted by atomic mass is 15.0. The zero-order valence-electron chi connectivity index (χ0n) is 10.1. The molecular weight excluding hydrogens is 200 g/mol. The van der Waals surface area contributed by atoms with Gasteiger partial charge in [0.2, 0.25) is 0 Å². The van der Waals surface area contributed by atoms with E-state index in [1.807, 2.05) is 20.0 Å². The number of hydrogen-bond acceptors (Lipinski definition) is 4. The number of hydrogen-bond donors (Lipinski definition) is 2. The standard InChI is InChI=1S/C12H20N4/c1-9-10(2)16-12(8-15-9)14-7-5-11-4-3-6-13-11/h8,11,13H,3-7H2,1-2H3,(H,14,16)/t11-/m0/s1. The molecule has 0 aromatic carbocycles. The first kappa shape index (κ1) is 11.3. The molecule has 1 aromatic heterocycles. The highest BCUT2D eigenvalue weighted by molar-refractivity contribution is 5.33. The summed E-state index contributed by atoms with van der Waals surface area (Å²) in [5, 5.41) is 6.81. The van der Waals surface area contributed by atoms with Gasteiger partial charge < -0.3 is 10.6 Å². The predicted molar refractivity (Wildman–Crippen MR) is 65.6 cm³/mol. The lowest BCUT2D eigenvalue weighted by Crippen LogP contribution is -2.24. The van der Waals surface area contributed by atoms with Crippen molar-refractivity contribution in [2.24, 2.45) is 0 Å². The monoisotopic (exact) mass is 220 g/mol. The zero-order valence-corrected chi connectivity index (χ0v) is 10.1. The van der Waals surface area contributed by atoms with Gasteiger partial charge in [0.05, 0.1) is 17.6 Å². The Balaban J connectivity index is 1.78. The third kappa shape index (κ3) is 2.92. The number of nitrogens with one attached hydrogen (secondary N) is 2. The second-order valence-corrected chi connectivity index (χ2v) is 4.43. The molecule has 1 aliphatic heterocycles. The van der Waals surface area contributed by atoms with Crippen LogP contribution in [0.2, 0.25) is 0 Å². The van der Waals surface area contributed by atoms with Crippen molar-refractivity contribution in [2.45, 2.75) is 39.2 Å². The van der Waals surface area contributed by atoms with Crippen LogP contribution >= 0.6 is 0 Å². The lowest BCUT2D eigenvalue weighted by atomic mass is 10.1. The van der Waals surface area contributed by atoms with E-state index in [0.717, 1.165) is 30.2 Å². The maximum Gasteiger partial charge on any atom is 0.144 e. The fourth-order valence-corrected chi connectivity index (χ4v) is 2.00. The number of anilines is 1. The molecule has 0 unspecified atom stereocenters. The van der Waals surface area contributed by atoms with Crippen molar-refractivity contribution < 1.29 is 0 Å². The summed E-state index contributed by atoms with van der Waals surface area (Å²) in [4.78, 5) is 8.73. The molecule has 2 heterocycles. The first-order chi connectivity index (χ1) is 7.75. The minimum absolute atomic E-state index is 0.687. The molecule has 0 amide bonds. The third-order valence-corrected chi connectivity index (χ3v) is 3.15. The van der Waals surface area contributed by atoms with Crippen molar-refractivity contribution in [3.8, 4) is 0 Å². The van der Waals surface area contributed by atoms with Crippen LogP contribution in [0.4, 0.5) is 5.82 Å². The number of nitrogens with zero attached hydrogens (tertiary/aromatic N) is 2. The summed E-state index contributed by atoms with van der Waals surface area (Å²) in [5.74, 6) is 0.890. The molecule has 0 radical (unpaired) electrons. The second kappa shape index (κ2) is 5.25. The Morgan fingerprint density at radius 2 is 2.31 bits per heavy atom. The molecule has 4 nitrogen and oxygen atoms in total. The molecule has 2 rings (SSSR count). The molecule has 1 saturated heterocycles. The van der Waals surface area contributed by atoms with Crippen molar-refractivity contribution in [3.63, 3.8) is 0 Å². The summed E-state index contributed by atoms with van der Waals surface area (Å²) in [7, 11) is 0. The topological polar surface area (TPSA) is 49.8 Å². The molecule has 0 bridgehead atoms. The van der Waals surface area contributed by atoms with Gasteiger partial charge in [0.15, 0.2) is 0 Å². The first-order valence-corrected chi connectivity index (χ1v) is 6.03. The van der Waals surface area contributed by atoms with Crippen LogP contribution in [0.15, 0.2) is 6.20 Å². The number of aryl methyl sites for hydroxylation is 2. The SMILES string of the molecule is Cc1ncc(NCC[C@@H]2CCCN2)nc1C. The summed E-state index contributed by atoms with van der Waals surface area (Å²) < 4.78 is 0. The van der Waals surface area contributed by atoms with Gasteiger partial charge in [-0.2, -0.15) is 0 Å². The van der Waals surface area contributed by atoms with Gasteiger partial charge in [0.1, 0.15) is 5.82 Å². The Labute approximate surface area is 96.9 Å². The van der Waals surface area contributed by atoms with E-state index in [-0.39, 0.29) is 0 Å². The van der Waals surface area contributed by atoms with Gasteiger partial charge in [-0.05, 0) is 39.7 Å². The fourth-order valence-electron chi connectivity index (χ4n) is 2.00. The Morgan fingerprint density at radius 3 is 3.00 bits per heavy atom.